The van der Waals surface area contributed by atoms with E-state index in [-0.39, 0.29) is 6.61 Å². The molecule has 2 N–H and O–H groups in total. The fraction of sp³-hybridized carbons (Fsp3) is 0.923. The van der Waals surface area contributed by atoms with Crippen molar-refractivity contribution >= 4 is 5.97 Å². The van der Waals surface area contributed by atoms with Gasteiger partial charge in [-0.25, -0.2) is 0 Å². The van der Waals surface area contributed by atoms with Gasteiger partial charge in [0.15, 0.2) is 0 Å². The summed E-state index contributed by atoms with van der Waals surface area (Å²) in [7, 11) is 0. The fourth-order valence-electron chi connectivity index (χ4n) is 2.73. The lowest BCUT2D eigenvalue weighted by molar-refractivity contribution is -0.151. The lowest BCUT2D eigenvalue weighted by atomic mass is 9.71. The number of carbonyl (C=O) groups is 1. The Bertz CT molecular complexity index is 207. The molecule has 0 amide bonds. The number of aliphatic hydroxyl groups is 1. The van der Waals surface area contributed by atoms with Gasteiger partial charge in [0.05, 0.1) is 5.41 Å². The van der Waals surface area contributed by atoms with Crippen LogP contribution >= 0.6 is 0 Å². The van der Waals surface area contributed by atoms with Crippen molar-refractivity contribution in [2.24, 2.45) is 5.41 Å². The van der Waals surface area contributed by atoms with Crippen LogP contribution in [0.2, 0.25) is 0 Å². The maximum absolute atomic E-state index is 11.4. The summed E-state index contributed by atoms with van der Waals surface area (Å²) in [6.45, 7) is 0.254. The maximum atomic E-state index is 11.4. The maximum Gasteiger partial charge on any atom is 0.309 e. The molecule has 0 aromatic rings. The van der Waals surface area contributed by atoms with Crippen LogP contribution in [0.5, 0.6) is 0 Å². The first-order valence-corrected chi connectivity index (χ1v) is 6.55. The first-order chi connectivity index (χ1) is 7.71. The normalized spacial score (nSPS) is 19.6. The Labute approximate surface area is 97.9 Å². The van der Waals surface area contributed by atoms with Crippen LogP contribution < -0.4 is 0 Å². The minimum absolute atomic E-state index is 0.254. The molecule has 3 heteroatoms. The molecule has 3 nitrogen and oxygen atoms in total. The van der Waals surface area contributed by atoms with Crippen molar-refractivity contribution in [3.05, 3.63) is 0 Å². The second kappa shape index (κ2) is 6.89. The molecular weight excluding hydrogens is 204 g/mol. The van der Waals surface area contributed by atoms with Crippen molar-refractivity contribution in [2.45, 2.75) is 64.2 Å². The predicted octanol–water partition coefficient (Wildman–Crippen LogP) is 2.96. The van der Waals surface area contributed by atoms with Crippen molar-refractivity contribution in [3.8, 4) is 0 Å². The van der Waals surface area contributed by atoms with E-state index in [9.17, 15) is 9.90 Å². The molecule has 94 valence electrons. The van der Waals surface area contributed by atoms with Gasteiger partial charge < -0.3 is 10.2 Å². The SMILES string of the molecule is O=C(O)C1(CCCCCCO)CCCCC1. The Kier molecular flexibility index (Phi) is 5.81. The van der Waals surface area contributed by atoms with Crippen molar-refractivity contribution in [1.82, 2.24) is 0 Å². The highest BCUT2D eigenvalue weighted by Gasteiger charge is 2.38. The van der Waals surface area contributed by atoms with Crippen LogP contribution in [0.25, 0.3) is 0 Å². The molecule has 1 aliphatic carbocycles. The van der Waals surface area contributed by atoms with Gasteiger partial charge in [-0.15, -0.1) is 0 Å². The topological polar surface area (TPSA) is 57.5 Å². The summed E-state index contributed by atoms with van der Waals surface area (Å²) in [5.74, 6) is -0.589. The lowest BCUT2D eigenvalue weighted by Gasteiger charge is -2.33. The third kappa shape index (κ3) is 3.78. The lowest BCUT2D eigenvalue weighted by Crippen LogP contribution is -2.33. The van der Waals surface area contributed by atoms with Crippen LogP contribution in [0.15, 0.2) is 0 Å². The van der Waals surface area contributed by atoms with Gasteiger partial charge in [0.25, 0.3) is 0 Å². The highest BCUT2D eigenvalue weighted by atomic mass is 16.4. The van der Waals surface area contributed by atoms with Gasteiger partial charge in [-0.2, -0.15) is 0 Å². The molecule has 1 fully saturated rings. The molecule has 1 rings (SSSR count). The molecule has 0 bridgehead atoms. The van der Waals surface area contributed by atoms with E-state index >= 15 is 0 Å². The molecule has 0 radical (unpaired) electrons. The molecule has 16 heavy (non-hydrogen) atoms. The van der Waals surface area contributed by atoms with Crippen LogP contribution in [0.1, 0.15) is 64.2 Å². The smallest absolute Gasteiger partial charge is 0.309 e. The molecule has 0 unspecified atom stereocenters. The number of carboxylic acids is 1. The molecule has 0 saturated heterocycles. The Morgan fingerprint density at radius 1 is 1.00 bits per heavy atom. The average Bonchev–Trinajstić information content (AvgIpc) is 2.30. The summed E-state index contributed by atoms with van der Waals surface area (Å²) in [4.78, 5) is 11.4. The third-order valence-electron chi connectivity index (χ3n) is 3.83. The van der Waals surface area contributed by atoms with Crippen LogP contribution in [-0.2, 0) is 4.79 Å². The van der Waals surface area contributed by atoms with Crippen LogP contribution in [0.3, 0.4) is 0 Å². The van der Waals surface area contributed by atoms with E-state index in [1.165, 1.54) is 6.42 Å². The fourth-order valence-corrected chi connectivity index (χ4v) is 2.73. The van der Waals surface area contributed by atoms with Gasteiger partial charge >= 0.3 is 5.97 Å². The zero-order valence-electron chi connectivity index (χ0n) is 10.1. The Morgan fingerprint density at radius 2 is 1.62 bits per heavy atom. The number of hydrogen-bond donors (Lipinski definition) is 2. The van der Waals surface area contributed by atoms with E-state index in [4.69, 9.17) is 5.11 Å². The highest BCUT2D eigenvalue weighted by Crippen LogP contribution is 2.40. The minimum Gasteiger partial charge on any atom is -0.481 e. The molecule has 0 atom stereocenters. The second-order valence-corrected chi connectivity index (χ2v) is 5.03. The van der Waals surface area contributed by atoms with E-state index in [0.29, 0.717) is 0 Å². The van der Waals surface area contributed by atoms with E-state index in [0.717, 1.165) is 57.8 Å². The number of carboxylic acid groups (broad SMARTS) is 1. The number of rotatable bonds is 7. The minimum atomic E-state index is -0.589. The largest absolute Gasteiger partial charge is 0.481 e. The number of aliphatic hydroxyl groups excluding tert-OH is 1. The average molecular weight is 228 g/mol. The molecule has 1 saturated carbocycles. The molecule has 0 spiro atoms. The molecule has 0 aromatic carbocycles. The number of unbranched alkanes of at least 4 members (excludes halogenated alkanes) is 3. The van der Waals surface area contributed by atoms with Crippen molar-refractivity contribution in [3.63, 3.8) is 0 Å². The monoisotopic (exact) mass is 228 g/mol. The summed E-state index contributed by atoms with van der Waals surface area (Å²) >= 11 is 0. The van der Waals surface area contributed by atoms with Crippen LogP contribution in [-0.4, -0.2) is 22.8 Å². The van der Waals surface area contributed by atoms with E-state index < -0.39 is 11.4 Å². The van der Waals surface area contributed by atoms with Gasteiger partial charge in [-0.05, 0) is 25.7 Å². The van der Waals surface area contributed by atoms with E-state index in [2.05, 4.69) is 0 Å². The van der Waals surface area contributed by atoms with E-state index in [1.54, 1.807) is 0 Å². The second-order valence-electron chi connectivity index (χ2n) is 5.03. The zero-order valence-corrected chi connectivity index (χ0v) is 10.1. The quantitative estimate of drug-likeness (QED) is 0.659. The van der Waals surface area contributed by atoms with Gasteiger partial charge in [0.2, 0.25) is 0 Å². The Morgan fingerprint density at radius 3 is 2.19 bits per heavy atom. The number of hydrogen-bond acceptors (Lipinski definition) is 2. The van der Waals surface area contributed by atoms with Crippen LogP contribution in [0.4, 0.5) is 0 Å². The number of aliphatic carboxylic acids is 1. The van der Waals surface area contributed by atoms with Crippen molar-refractivity contribution in [1.29, 1.82) is 0 Å². The molecular formula is C13H24O3. The van der Waals surface area contributed by atoms with E-state index in [1.807, 2.05) is 0 Å². The molecule has 0 heterocycles. The van der Waals surface area contributed by atoms with Gasteiger partial charge in [0.1, 0.15) is 0 Å². The zero-order chi connectivity index (χ0) is 11.9. The summed E-state index contributed by atoms with van der Waals surface area (Å²) in [6.07, 6.45) is 9.80. The van der Waals surface area contributed by atoms with Crippen molar-refractivity contribution in [2.75, 3.05) is 6.61 Å². The van der Waals surface area contributed by atoms with Gasteiger partial charge in [0, 0.05) is 6.61 Å². The predicted molar refractivity (Wildman–Crippen MR) is 63.3 cm³/mol. The summed E-state index contributed by atoms with van der Waals surface area (Å²) < 4.78 is 0. The van der Waals surface area contributed by atoms with Crippen LogP contribution in [0, 0.1) is 5.41 Å². The Balaban J connectivity index is 2.30. The first kappa shape index (κ1) is 13.5. The van der Waals surface area contributed by atoms with Gasteiger partial charge in [-0.1, -0.05) is 38.5 Å². The Hall–Kier alpha value is -0.570. The summed E-state index contributed by atoms with van der Waals surface area (Å²) in [5, 5.41) is 18.0. The standard InChI is InChI=1S/C13H24O3/c14-11-7-2-1-4-8-13(12(15)16)9-5-3-6-10-13/h14H,1-11H2,(H,15,16). The first-order valence-electron chi connectivity index (χ1n) is 6.55. The summed E-state index contributed by atoms with van der Waals surface area (Å²) in [6, 6.07) is 0. The van der Waals surface area contributed by atoms with Crippen molar-refractivity contribution < 1.29 is 15.0 Å². The molecule has 0 aromatic heterocycles. The molecule has 0 aliphatic heterocycles. The summed E-state index contributed by atoms with van der Waals surface area (Å²) in [5.41, 5.74) is -0.419. The highest BCUT2D eigenvalue weighted by molar-refractivity contribution is 5.74. The molecule has 1 aliphatic rings. The van der Waals surface area contributed by atoms with Gasteiger partial charge in [-0.3, -0.25) is 4.79 Å². The third-order valence-corrected chi connectivity index (χ3v) is 3.83.